The van der Waals surface area contributed by atoms with Gasteiger partial charge in [-0.25, -0.2) is 4.98 Å². The Kier molecular flexibility index (Phi) is 15.4. The van der Waals surface area contributed by atoms with Gasteiger partial charge >= 0.3 is 21.1 Å². The molecule has 396 valence electrons. The summed E-state index contributed by atoms with van der Waals surface area (Å²) in [5.74, 6) is 2.77. The van der Waals surface area contributed by atoms with Crippen molar-refractivity contribution in [2.45, 2.75) is 111 Å². The summed E-state index contributed by atoms with van der Waals surface area (Å²) in [6.45, 7) is 29.6. The van der Waals surface area contributed by atoms with Crippen molar-refractivity contribution in [1.82, 2.24) is 9.55 Å². The fourth-order valence-corrected chi connectivity index (χ4v) is 11.0. The van der Waals surface area contributed by atoms with Crippen LogP contribution in [0.3, 0.4) is 0 Å². The molecule has 5 nitrogen and oxygen atoms in total. The minimum atomic E-state index is -0.225. The van der Waals surface area contributed by atoms with Crippen LogP contribution in [0.25, 0.3) is 49.9 Å². The molecule has 0 N–H and O–H groups in total. The fraction of sp³-hybridized carbons (Fsp3) is 0.236. The molecule has 78 heavy (non-hydrogen) atoms. The molecule has 2 aromatic heterocycles. The molecule has 0 spiro atoms. The quantitative estimate of drug-likeness (QED) is 0.121. The first kappa shape index (κ1) is 55.5. The van der Waals surface area contributed by atoms with Gasteiger partial charge in [-0.05, 0) is 121 Å². The van der Waals surface area contributed by atoms with Gasteiger partial charge in [-0.3, -0.25) is 0 Å². The van der Waals surface area contributed by atoms with Crippen LogP contribution in [0, 0.1) is 26.2 Å². The number of hydrogen-bond acceptors (Lipinski definition) is 4. The number of hydrogen-bond donors (Lipinski definition) is 0. The van der Waals surface area contributed by atoms with E-state index < -0.39 is 0 Å². The van der Waals surface area contributed by atoms with Gasteiger partial charge in [0.1, 0.15) is 5.82 Å². The summed E-state index contributed by atoms with van der Waals surface area (Å²) >= 11 is 0. The van der Waals surface area contributed by atoms with Crippen molar-refractivity contribution in [3.05, 3.63) is 242 Å². The molecule has 0 saturated carbocycles. The van der Waals surface area contributed by atoms with Gasteiger partial charge in [0.15, 0.2) is 0 Å². The molecule has 3 heterocycles. The number of fused-ring (bicyclic) bond motifs is 4. The number of nitrogens with zero attached hydrogens (tertiary/aromatic N) is 4. The second-order valence-corrected chi connectivity index (χ2v) is 23.9. The summed E-state index contributed by atoms with van der Waals surface area (Å²) < 4.78 is 9.26. The van der Waals surface area contributed by atoms with Crippen LogP contribution in [0.4, 0.5) is 22.7 Å². The molecule has 0 amide bonds. The fourth-order valence-electron chi connectivity index (χ4n) is 11.0. The largest absolute Gasteiger partial charge is 4.00 e. The second-order valence-electron chi connectivity index (χ2n) is 23.9. The Morgan fingerprint density at radius 3 is 1.83 bits per heavy atom. The first-order valence-corrected chi connectivity index (χ1v) is 27.0. The molecule has 0 aliphatic carbocycles. The van der Waals surface area contributed by atoms with Gasteiger partial charge in [0.05, 0.1) is 0 Å². The van der Waals surface area contributed by atoms with E-state index in [0.29, 0.717) is 23.3 Å². The van der Waals surface area contributed by atoms with Crippen molar-refractivity contribution in [3.63, 3.8) is 0 Å². The van der Waals surface area contributed by atoms with Gasteiger partial charge in [0.25, 0.3) is 0 Å². The topological polar surface area (TPSA) is 33.5 Å². The number of benzene rings is 8. The first-order valence-electron chi connectivity index (χ1n) is 27.0. The summed E-state index contributed by atoms with van der Waals surface area (Å²) in [6.07, 6.45) is 1.92. The SMILES string of the molecule is CC(C)c1cccc(C(C)C)c1-c1ccc2c(c1)N(c1cccc(C(C)(C)c3ccccc3)c1)[CH-]N2c1[c-]c(Oc2[c-]c3c(cc2)c2cc(-c4ccccc4)ccc2n3-c2cc(C(C)(C)C)ccn2)cc(C(C)(C)C)c1.[CH3-].[Pt+4]. The van der Waals surface area contributed by atoms with Gasteiger partial charge in [0, 0.05) is 45.7 Å². The predicted molar refractivity (Wildman–Crippen MR) is 326 cm³/mol. The molecule has 0 bridgehead atoms. The maximum absolute atomic E-state index is 7.02. The second kappa shape index (κ2) is 21.6. The van der Waals surface area contributed by atoms with E-state index in [0.717, 1.165) is 61.5 Å². The Hall–Kier alpha value is -7.20. The Balaban J connectivity index is 0.00000370. The van der Waals surface area contributed by atoms with Crippen LogP contribution >= 0.6 is 0 Å². The Bertz CT molecular complexity index is 3760. The van der Waals surface area contributed by atoms with Crippen molar-refractivity contribution in [2.24, 2.45) is 0 Å². The molecule has 11 rings (SSSR count). The molecular formula is C72H72N4OPt. The van der Waals surface area contributed by atoms with Crippen LogP contribution in [0.15, 0.2) is 182 Å². The zero-order valence-electron chi connectivity index (χ0n) is 47.6. The predicted octanol–water partition coefficient (Wildman–Crippen LogP) is 19.9. The van der Waals surface area contributed by atoms with E-state index in [9.17, 15) is 0 Å². The van der Waals surface area contributed by atoms with Gasteiger partial charge in [0.2, 0.25) is 0 Å². The number of ether oxygens (including phenoxy) is 1. The van der Waals surface area contributed by atoms with Crippen LogP contribution < -0.4 is 14.5 Å². The molecule has 6 heteroatoms. The molecule has 0 fully saturated rings. The molecule has 0 unspecified atom stereocenters. The van der Waals surface area contributed by atoms with Crippen molar-refractivity contribution in [3.8, 4) is 39.6 Å². The summed E-state index contributed by atoms with van der Waals surface area (Å²) in [6, 6.07) is 71.5. The molecule has 1 aliphatic rings. The maximum Gasteiger partial charge on any atom is 4.00 e. The molecule has 10 aromatic rings. The van der Waals surface area contributed by atoms with E-state index in [1.165, 1.54) is 44.5 Å². The van der Waals surface area contributed by atoms with E-state index in [-0.39, 0.29) is 44.7 Å². The molecule has 0 saturated heterocycles. The monoisotopic (exact) mass is 1200 g/mol. The average molecular weight is 1200 g/mol. The summed E-state index contributed by atoms with van der Waals surface area (Å²) in [4.78, 5) is 9.64. The molecule has 1 aliphatic heterocycles. The van der Waals surface area contributed by atoms with E-state index in [1.54, 1.807) is 0 Å². The third-order valence-electron chi connectivity index (χ3n) is 15.5. The van der Waals surface area contributed by atoms with Gasteiger partial charge in [-0.15, -0.1) is 53.6 Å². The number of anilines is 4. The van der Waals surface area contributed by atoms with Gasteiger partial charge < -0.3 is 26.5 Å². The normalized spacial score (nSPS) is 12.8. The van der Waals surface area contributed by atoms with Gasteiger partial charge in [-0.1, -0.05) is 198 Å². The number of rotatable bonds is 11. The van der Waals surface area contributed by atoms with Crippen LogP contribution in [0.1, 0.15) is 128 Å². The van der Waals surface area contributed by atoms with Crippen molar-refractivity contribution in [1.29, 1.82) is 0 Å². The number of pyridine rings is 1. The van der Waals surface area contributed by atoms with Crippen LogP contribution in [-0.2, 0) is 37.3 Å². The minimum absolute atomic E-state index is 0. The Labute approximate surface area is 479 Å². The summed E-state index contributed by atoms with van der Waals surface area (Å²) in [5, 5.41) is 2.20. The minimum Gasteiger partial charge on any atom is -0.509 e. The van der Waals surface area contributed by atoms with Crippen molar-refractivity contribution < 1.29 is 25.8 Å². The van der Waals surface area contributed by atoms with E-state index in [4.69, 9.17) is 9.72 Å². The molecule has 8 aromatic carbocycles. The average Bonchev–Trinajstić information content (AvgIpc) is 4.00. The Morgan fingerprint density at radius 2 is 1.15 bits per heavy atom. The zero-order valence-corrected chi connectivity index (χ0v) is 49.8. The third-order valence-corrected chi connectivity index (χ3v) is 15.5. The van der Waals surface area contributed by atoms with Crippen LogP contribution in [0.5, 0.6) is 11.5 Å². The summed E-state index contributed by atoms with van der Waals surface area (Å²) in [7, 11) is 0. The van der Waals surface area contributed by atoms with Crippen LogP contribution in [0.2, 0.25) is 0 Å². The first-order chi connectivity index (χ1) is 36.3. The van der Waals surface area contributed by atoms with E-state index in [2.05, 4.69) is 286 Å². The third kappa shape index (κ3) is 10.5. The Morgan fingerprint density at radius 1 is 0.500 bits per heavy atom. The van der Waals surface area contributed by atoms with E-state index in [1.807, 2.05) is 12.3 Å². The number of aromatic nitrogens is 2. The molecule has 0 radical (unpaired) electrons. The zero-order chi connectivity index (χ0) is 53.3. The molecular weight excluding hydrogens is 1130 g/mol. The standard InChI is InChI=1S/C71H69N4O.CH3.Pt/c1-46(2)59-27-20-28-60(47(3)4)68(59)50-30-34-64-66(38-50)73(55-26-19-25-53(39-55)71(11,12)51-23-17-14-18-24-51)45-74(64)56-40-54(70(8,9)10)41-58(43-56)76-57-31-32-61-62-37-49(48-21-15-13-16-22-48)29-33-63(62)75(65(61)44-57)67-42-52(35-36-72-67)69(5,6)7;;/h13-42,45-47H,1-12H3;1H3;/q-3;-1;+4. The van der Waals surface area contributed by atoms with Gasteiger partial charge in [-0.2, -0.15) is 6.07 Å². The smallest absolute Gasteiger partial charge is 0.509 e. The summed E-state index contributed by atoms with van der Waals surface area (Å²) in [5.41, 5.74) is 18.0. The molecule has 0 atom stereocenters. The van der Waals surface area contributed by atoms with Crippen molar-refractivity contribution >= 4 is 44.6 Å². The van der Waals surface area contributed by atoms with Crippen molar-refractivity contribution in [2.75, 3.05) is 9.80 Å². The van der Waals surface area contributed by atoms with Crippen LogP contribution in [-0.4, -0.2) is 9.55 Å². The maximum atomic E-state index is 7.02. The van der Waals surface area contributed by atoms with E-state index >= 15 is 0 Å².